The molecule has 72 valence electrons. The number of aliphatic carboxylic acids is 1. The second-order valence-electron chi connectivity index (χ2n) is 2.63. The molecular weight excluding hydrogens is 174 g/mol. The number of hydrogen-bond acceptors (Lipinski definition) is 3. The van der Waals surface area contributed by atoms with Gasteiger partial charge in [0.2, 0.25) is 0 Å². The summed E-state index contributed by atoms with van der Waals surface area (Å²) < 4.78 is 0. The van der Waals surface area contributed by atoms with Gasteiger partial charge < -0.3 is 10.8 Å². The minimum atomic E-state index is -0.695. The van der Waals surface area contributed by atoms with E-state index in [9.17, 15) is 4.79 Å². The summed E-state index contributed by atoms with van der Waals surface area (Å²) in [6.07, 6.45) is 2.58. The van der Waals surface area contributed by atoms with E-state index in [4.69, 9.17) is 10.8 Å². The van der Waals surface area contributed by atoms with Crippen LogP contribution in [-0.4, -0.2) is 28.6 Å². The number of hydrogen-bond donors (Lipinski definition) is 2. The molecular formula is C8H17NO2S. The summed E-state index contributed by atoms with van der Waals surface area (Å²) in [5, 5.41) is 8.52. The van der Waals surface area contributed by atoms with Crippen molar-refractivity contribution >= 4 is 17.7 Å². The zero-order valence-corrected chi connectivity index (χ0v) is 8.27. The number of thioether (sulfide) groups is 1. The van der Waals surface area contributed by atoms with Gasteiger partial charge in [-0.1, -0.05) is 13.3 Å². The third-order valence-corrected chi connectivity index (χ3v) is 2.86. The lowest BCUT2D eigenvalue weighted by Gasteiger charge is -2.09. The molecule has 3 N–H and O–H groups in total. The molecule has 3 nitrogen and oxygen atoms in total. The van der Waals surface area contributed by atoms with Crippen molar-refractivity contribution in [1.29, 1.82) is 0 Å². The molecule has 4 heteroatoms. The van der Waals surface area contributed by atoms with E-state index in [0.29, 0.717) is 6.54 Å². The highest BCUT2D eigenvalue weighted by Gasteiger charge is 2.15. The molecule has 0 amide bonds. The Hall–Kier alpha value is -0.220. The van der Waals surface area contributed by atoms with Gasteiger partial charge in [0.1, 0.15) is 5.25 Å². The Balaban J connectivity index is 3.56. The molecule has 0 saturated heterocycles. The quantitative estimate of drug-likeness (QED) is 0.596. The van der Waals surface area contributed by atoms with Gasteiger partial charge in [-0.15, -0.1) is 11.8 Å². The van der Waals surface area contributed by atoms with E-state index in [1.54, 1.807) is 0 Å². The number of carbonyl (C=O) groups is 1. The molecule has 1 unspecified atom stereocenters. The van der Waals surface area contributed by atoms with Crippen molar-refractivity contribution in [2.24, 2.45) is 5.73 Å². The van der Waals surface area contributed by atoms with Crippen LogP contribution in [0.1, 0.15) is 26.2 Å². The SMILES string of the molecule is CCCC(SCCCN)C(=O)O. The molecule has 0 aromatic rings. The normalized spacial score (nSPS) is 12.8. The van der Waals surface area contributed by atoms with Crippen LogP contribution in [0.3, 0.4) is 0 Å². The number of rotatable bonds is 7. The van der Waals surface area contributed by atoms with Gasteiger partial charge in [0.05, 0.1) is 0 Å². The fourth-order valence-electron chi connectivity index (χ4n) is 0.849. The molecule has 0 aromatic carbocycles. The number of nitrogens with two attached hydrogens (primary N) is 1. The maximum Gasteiger partial charge on any atom is 0.316 e. The van der Waals surface area contributed by atoms with E-state index in [2.05, 4.69) is 0 Å². The molecule has 0 aliphatic carbocycles. The lowest BCUT2D eigenvalue weighted by molar-refractivity contribution is -0.136. The lowest BCUT2D eigenvalue weighted by Crippen LogP contribution is -2.17. The van der Waals surface area contributed by atoms with Crippen LogP contribution >= 0.6 is 11.8 Å². The number of carboxylic acids is 1. The van der Waals surface area contributed by atoms with Crippen LogP contribution in [0.2, 0.25) is 0 Å². The monoisotopic (exact) mass is 191 g/mol. The largest absolute Gasteiger partial charge is 0.480 e. The third-order valence-electron chi connectivity index (χ3n) is 1.49. The van der Waals surface area contributed by atoms with E-state index in [1.165, 1.54) is 11.8 Å². The predicted octanol–water partition coefficient (Wildman–Crippen LogP) is 1.32. The average molecular weight is 191 g/mol. The minimum Gasteiger partial charge on any atom is -0.480 e. The van der Waals surface area contributed by atoms with Crippen molar-refractivity contribution in [3.05, 3.63) is 0 Å². The van der Waals surface area contributed by atoms with E-state index in [0.717, 1.165) is 25.0 Å². The van der Waals surface area contributed by atoms with E-state index < -0.39 is 5.97 Å². The Morgan fingerprint density at radius 3 is 2.75 bits per heavy atom. The van der Waals surface area contributed by atoms with Gasteiger partial charge in [-0.3, -0.25) is 4.79 Å². The second-order valence-corrected chi connectivity index (χ2v) is 3.94. The molecule has 0 aromatic heterocycles. The second kappa shape index (κ2) is 7.43. The summed E-state index contributed by atoms with van der Waals surface area (Å²) >= 11 is 1.50. The van der Waals surface area contributed by atoms with Crippen LogP contribution in [0.25, 0.3) is 0 Å². The predicted molar refractivity (Wildman–Crippen MR) is 52.5 cm³/mol. The lowest BCUT2D eigenvalue weighted by atomic mass is 10.2. The van der Waals surface area contributed by atoms with Gasteiger partial charge >= 0.3 is 5.97 Å². The van der Waals surface area contributed by atoms with Crippen molar-refractivity contribution in [2.45, 2.75) is 31.4 Å². The Morgan fingerprint density at radius 1 is 1.67 bits per heavy atom. The molecule has 0 aliphatic rings. The maximum absolute atomic E-state index is 10.6. The fourth-order valence-corrected chi connectivity index (χ4v) is 2.01. The summed E-state index contributed by atoms with van der Waals surface area (Å²) in [5.41, 5.74) is 5.30. The molecule has 0 rings (SSSR count). The van der Waals surface area contributed by atoms with Crippen LogP contribution in [0.5, 0.6) is 0 Å². The first-order chi connectivity index (χ1) is 5.72. The van der Waals surface area contributed by atoms with Gasteiger partial charge in [0.25, 0.3) is 0 Å². The van der Waals surface area contributed by atoms with Gasteiger partial charge in [0, 0.05) is 0 Å². The number of carboxylic acid groups (broad SMARTS) is 1. The third kappa shape index (κ3) is 5.43. The van der Waals surface area contributed by atoms with Crippen molar-refractivity contribution in [1.82, 2.24) is 0 Å². The zero-order chi connectivity index (χ0) is 9.40. The van der Waals surface area contributed by atoms with Gasteiger partial charge in [-0.2, -0.15) is 0 Å². The standard InChI is InChI=1S/C8H17NO2S/c1-2-4-7(8(10)11)12-6-3-5-9/h7H,2-6,9H2,1H3,(H,10,11). The van der Waals surface area contributed by atoms with Crippen LogP contribution in [0.15, 0.2) is 0 Å². The molecule has 1 atom stereocenters. The van der Waals surface area contributed by atoms with Gasteiger partial charge in [-0.25, -0.2) is 0 Å². The topological polar surface area (TPSA) is 63.3 Å². The van der Waals surface area contributed by atoms with Gasteiger partial charge in [-0.05, 0) is 25.1 Å². The molecule has 0 spiro atoms. The summed E-state index contributed by atoms with van der Waals surface area (Å²) in [7, 11) is 0. The summed E-state index contributed by atoms with van der Waals surface area (Å²) in [6.45, 7) is 2.64. The summed E-state index contributed by atoms with van der Waals surface area (Å²) in [4.78, 5) is 10.6. The van der Waals surface area contributed by atoms with Crippen LogP contribution in [0.4, 0.5) is 0 Å². The highest BCUT2D eigenvalue weighted by molar-refractivity contribution is 8.00. The zero-order valence-electron chi connectivity index (χ0n) is 7.45. The van der Waals surface area contributed by atoms with Crippen molar-refractivity contribution in [3.8, 4) is 0 Å². The van der Waals surface area contributed by atoms with Crippen LogP contribution in [0, 0.1) is 0 Å². The smallest absolute Gasteiger partial charge is 0.316 e. The minimum absolute atomic E-state index is 0.235. The molecule has 12 heavy (non-hydrogen) atoms. The Kier molecular flexibility index (Phi) is 7.29. The Labute approximate surface area is 77.7 Å². The van der Waals surface area contributed by atoms with Gasteiger partial charge in [0.15, 0.2) is 0 Å². The fraction of sp³-hybridized carbons (Fsp3) is 0.875. The molecule has 0 saturated carbocycles. The average Bonchev–Trinajstić information content (AvgIpc) is 2.03. The molecule has 0 bridgehead atoms. The highest BCUT2D eigenvalue weighted by Crippen LogP contribution is 2.17. The first-order valence-corrected chi connectivity index (χ1v) is 5.31. The molecule has 0 radical (unpaired) electrons. The molecule has 0 aliphatic heterocycles. The van der Waals surface area contributed by atoms with E-state index >= 15 is 0 Å². The Morgan fingerprint density at radius 2 is 2.33 bits per heavy atom. The maximum atomic E-state index is 10.6. The summed E-state index contributed by atoms with van der Waals surface area (Å²) in [5.74, 6) is 0.159. The van der Waals surface area contributed by atoms with E-state index in [1.807, 2.05) is 6.92 Å². The van der Waals surface area contributed by atoms with Crippen molar-refractivity contribution in [2.75, 3.05) is 12.3 Å². The summed E-state index contributed by atoms with van der Waals surface area (Å²) in [6, 6.07) is 0. The van der Waals surface area contributed by atoms with E-state index in [-0.39, 0.29) is 5.25 Å². The van der Waals surface area contributed by atoms with Crippen LogP contribution in [-0.2, 0) is 4.79 Å². The first kappa shape index (κ1) is 11.8. The van der Waals surface area contributed by atoms with Crippen molar-refractivity contribution < 1.29 is 9.90 Å². The van der Waals surface area contributed by atoms with Crippen LogP contribution < -0.4 is 5.73 Å². The molecule has 0 heterocycles. The molecule has 0 fully saturated rings. The Bertz CT molecular complexity index is 130. The first-order valence-electron chi connectivity index (χ1n) is 4.26. The highest BCUT2D eigenvalue weighted by atomic mass is 32.2. The van der Waals surface area contributed by atoms with Crippen molar-refractivity contribution in [3.63, 3.8) is 0 Å².